The van der Waals surface area contributed by atoms with Gasteiger partial charge in [-0.05, 0) is 29.8 Å². The minimum atomic E-state index is -0.178. The molecule has 0 saturated carbocycles. The average Bonchev–Trinajstić information content (AvgIpc) is 3.21. The molecular weight excluding hydrogens is 314 g/mol. The van der Waals surface area contributed by atoms with E-state index >= 15 is 0 Å². The molecule has 2 N–H and O–H groups in total. The number of hydrogen-bond donors (Lipinski definition) is 2. The fourth-order valence-electron chi connectivity index (χ4n) is 3.00. The Bertz CT molecular complexity index is 1010. The zero-order chi connectivity index (χ0) is 17.2. The second-order valence-electron chi connectivity index (χ2n) is 5.88. The zero-order valence-corrected chi connectivity index (χ0v) is 13.7. The number of benzene rings is 2. The van der Waals surface area contributed by atoms with Gasteiger partial charge in [0.05, 0.1) is 18.4 Å². The van der Waals surface area contributed by atoms with Crippen LogP contribution in [0, 0.1) is 0 Å². The lowest BCUT2D eigenvalue weighted by Crippen LogP contribution is -2.14. The van der Waals surface area contributed by atoms with E-state index in [0.717, 1.165) is 33.5 Å². The van der Waals surface area contributed by atoms with E-state index in [-0.39, 0.29) is 5.91 Å². The van der Waals surface area contributed by atoms with Gasteiger partial charge >= 0.3 is 0 Å². The lowest BCUT2D eigenvalue weighted by molar-refractivity contribution is -0.116. The van der Waals surface area contributed by atoms with Crippen LogP contribution in [0.15, 0.2) is 65.4 Å². The van der Waals surface area contributed by atoms with Crippen molar-refractivity contribution in [2.24, 2.45) is 5.10 Å². The summed E-state index contributed by atoms with van der Waals surface area (Å²) in [6.07, 6.45) is 4.36. The maximum Gasteiger partial charge on any atom is 0.273 e. The number of nitrogens with one attached hydrogen (secondary N) is 2. The van der Waals surface area contributed by atoms with Crippen LogP contribution in [-0.2, 0) is 11.2 Å². The van der Waals surface area contributed by atoms with Crippen LogP contribution in [0.2, 0.25) is 0 Å². The molecule has 0 atom stereocenters. The Morgan fingerprint density at radius 3 is 2.92 bits per heavy atom. The lowest BCUT2D eigenvalue weighted by Gasteiger charge is -2.05. The minimum absolute atomic E-state index is 0.178. The van der Waals surface area contributed by atoms with Gasteiger partial charge in [-0.1, -0.05) is 30.3 Å². The zero-order valence-electron chi connectivity index (χ0n) is 13.7. The second-order valence-corrected chi connectivity index (χ2v) is 5.88. The van der Waals surface area contributed by atoms with E-state index in [1.165, 1.54) is 0 Å². The molecule has 4 rings (SSSR count). The Labute approximate surface area is 145 Å². The normalized spacial score (nSPS) is 15.5. The molecule has 3 aromatic rings. The first kappa shape index (κ1) is 15.2. The van der Waals surface area contributed by atoms with Crippen molar-refractivity contribution >= 4 is 28.6 Å². The van der Waals surface area contributed by atoms with E-state index in [9.17, 15) is 4.79 Å². The van der Waals surface area contributed by atoms with Crippen LogP contribution in [0.5, 0.6) is 5.75 Å². The Morgan fingerprint density at radius 2 is 2.04 bits per heavy atom. The largest absolute Gasteiger partial charge is 0.497 e. The summed E-state index contributed by atoms with van der Waals surface area (Å²) in [7, 11) is 1.64. The predicted octanol–water partition coefficient (Wildman–Crippen LogP) is 3.29. The second kappa shape index (κ2) is 6.28. The van der Waals surface area contributed by atoms with Crippen molar-refractivity contribution in [1.29, 1.82) is 0 Å². The van der Waals surface area contributed by atoms with Crippen molar-refractivity contribution in [3.05, 3.63) is 71.4 Å². The summed E-state index contributed by atoms with van der Waals surface area (Å²) in [6, 6.07) is 15.8. The third-order valence-corrected chi connectivity index (χ3v) is 4.27. The van der Waals surface area contributed by atoms with Crippen LogP contribution in [0.3, 0.4) is 0 Å². The Morgan fingerprint density at radius 1 is 1.16 bits per heavy atom. The SMILES string of the molecule is COc1cccc(CC2=NNC(=O)C2=Cc2c[nH]c3ccccc23)c1. The first-order valence-electron chi connectivity index (χ1n) is 8.02. The van der Waals surface area contributed by atoms with Crippen LogP contribution < -0.4 is 10.2 Å². The highest BCUT2D eigenvalue weighted by Crippen LogP contribution is 2.23. The lowest BCUT2D eigenvalue weighted by atomic mass is 10.00. The number of rotatable bonds is 4. The monoisotopic (exact) mass is 331 g/mol. The van der Waals surface area contributed by atoms with Gasteiger partial charge in [0.1, 0.15) is 5.75 Å². The third kappa shape index (κ3) is 2.92. The number of aromatic amines is 1. The number of hydrogen-bond acceptors (Lipinski definition) is 3. The van der Waals surface area contributed by atoms with Crippen LogP contribution in [0.25, 0.3) is 17.0 Å². The molecule has 0 radical (unpaired) electrons. The summed E-state index contributed by atoms with van der Waals surface area (Å²) >= 11 is 0. The summed E-state index contributed by atoms with van der Waals surface area (Å²) in [4.78, 5) is 15.5. The molecule has 0 saturated heterocycles. The number of methoxy groups -OCH3 is 1. The van der Waals surface area contributed by atoms with Crippen molar-refractivity contribution in [3.63, 3.8) is 0 Å². The molecule has 5 nitrogen and oxygen atoms in total. The summed E-state index contributed by atoms with van der Waals surface area (Å²) in [5.74, 6) is 0.612. The molecule has 0 aliphatic carbocycles. The summed E-state index contributed by atoms with van der Waals surface area (Å²) < 4.78 is 5.26. The van der Waals surface area contributed by atoms with E-state index < -0.39 is 0 Å². The number of carbonyl (C=O) groups is 1. The molecule has 124 valence electrons. The first-order chi connectivity index (χ1) is 12.2. The molecule has 0 spiro atoms. The van der Waals surface area contributed by atoms with Gasteiger partial charge in [-0.25, -0.2) is 5.43 Å². The van der Waals surface area contributed by atoms with Gasteiger partial charge in [0, 0.05) is 29.1 Å². The Balaban J connectivity index is 1.67. The van der Waals surface area contributed by atoms with Gasteiger partial charge in [-0.15, -0.1) is 0 Å². The number of carbonyl (C=O) groups excluding carboxylic acids is 1. The van der Waals surface area contributed by atoms with Gasteiger partial charge in [-0.2, -0.15) is 5.10 Å². The molecule has 5 heteroatoms. The predicted molar refractivity (Wildman–Crippen MR) is 98.6 cm³/mol. The van der Waals surface area contributed by atoms with Gasteiger partial charge < -0.3 is 9.72 Å². The quantitative estimate of drug-likeness (QED) is 0.721. The summed E-state index contributed by atoms with van der Waals surface area (Å²) in [5, 5.41) is 5.29. The minimum Gasteiger partial charge on any atom is -0.497 e. The first-order valence-corrected chi connectivity index (χ1v) is 8.02. The van der Waals surface area contributed by atoms with Gasteiger partial charge in [-0.3, -0.25) is 4.79 Å². The fourth-order valence-corrected chi connectivity index (χ4v) is 3.00. The Hall–Kier alpha value is -3.34. The molecule has 2 heterocycles. The maximum atomic E-state index is 12.2. The highest BCUT2D eigenvalue weighted by molar-refractivity contribution is 6.28. The summed E-state index contributed by atoms with van der Waals surface area (Å²) in [5.41, 5.74) is 6.94. The average molecular weight is 331 g/mol. The number of nitrogens with zero attached hydrogens (tertiary/aromatic N) is 1. The van der Waals surface area contributed by atoms with Gasteiger partial charge in [0.2, 0.25) is 0 Å². The Kier molecular flexibility index (Phi) is 3.82. The van der Waals surface area contributed by atoms with Crippen molar-refractivity contribution in [2.75, 3.05) is 7.11 Å². The molecule has 0 bridgehead atoms. The van der Waals surface area contributed by atoms with E-state index in [4.69, 9.17) is 4.74 Å². The van der Waals surface area contributed by atoms with Gasteiger partial charge in [0.15, 0.2) is 0 Å². The molecule has 0 unspecified atom stereocenters. The van der Waals surface area contributed by atoms with Crippen LogP contribution in [0.1, 0.15) is 11.1 Å². The third-order valence-electron chi connectivity index (χ3n) is 4.27. The van der Waals surface area contributed by atoms with E-state index in [1.54, 1.807) is 7.11 Å². The molecule has 1 aliphatic heterocycles. The van der Waals surface area contributed by atoms with Crippen molar-refractivity contribution in [1.82, 2.24) is 10.4 Å². The number of H-pyrrole nitrogens is 1. The van der Waals surface area contributed by atoms with Crippen LogP contribution >= 0.6 is 0 Å². The smallest absolute Gasteiger partial charge is 0.273 e. The molecule has 1 aromatic heterocycles. The number of para-hydroxylation sites is 1. The van der Waals surface area contributed by atoms with E-state index in [0.29, 0.717) is 12.0 Å². The van der Waals surface area contributed by atoms with E-state index in [1.807, 2.05) is 60.8 Å². The van der Waals surface area contributed by atoms with Crippen molar-refractivity contribution in [3.8, 4) is 5.75 Å². The standard InChI is InChI=1S/C20H17N3O2/c1-25-15-6-4-5-13(9-15)10-19-17(20(24)23-22-19)11-14-12-21-18-8-3-2-7-16(14)18/h2-9,11-12,21H,10H2,1H3,(H,23,24). The highest BCUT2D eigenvalue weighted by Gasteiger charge is 2.23. The maximum absolute atomic E-state index is 12.2. The summed E-state index contributed by atoms with van der Waals surface area (Å²) in [6.45, 7) is 0. The van der Waals surface area contributed by atoms with Crippen molar-refractivity contribution < 1.29 is 9.53 Å². The molecule has 1 amide bonds. The molecule has 25 heavy (non-hydrogen) atoms. The molecule has 0 fully saturated rings. The topological polar surface area (TPSA) is 66.5 Å². The molecule has 1 aliphatic rings. The van der Waals surface area contributed by atoms with E-state index in [2.05, 4.69) is 15.5 Å². The van der Waals surface area contributed by atoms with Crippen LogP contribution in [0.4, 0.5) is 0 Å². The fraction of sp³-hybridized carbons (Fsp3) is 0.100. The number of ether oxygens (including phenoxy) is 1. The number of hydrazone groups is 1. The van der Waals surface area contributed by atoms with Gasteiger partial charge in [0.25, 0.3) is 5.91 Å². The molecule has 2 aromatic carbocycles. The number of fused-ring (bicyclic) bond motifs is 1. The van der Waals surface area contributed by atoms with Crippen LogP contribution in [-0.4, -0.2) is 23.7 Å². The molecular formula is C20H17N3O2. The van der Waals surface area contributed by atoms with Crippen molar-refractivity contribution in [2.45, 2.75) is 6.42 Å². The number of amides is 1. The number of aromatic nitrogens is 1. The highest BCUT2D eigenvalue weighted by atomic mass is 16.5.